The molecular formula is C28H27N3O2S. The Morgan fingerprint density at radius 3 is 2.71 bits per heavy atom. The highest BCUT2D eigenvalue weighted by atomic mass is 32.1. The van der Waals surface area contributed by atoms with Gasteiger partial charge in [-0.3, -0.25) is 0 Å². The van der Waals surface area contributed by atoms with Crippen LogP contribution in [0.1, 0.15) is 46.1 Å². The molecule has 1 aliphatic heterocycles. The van der Waals surface area contributed by atoms with E-state index >= 15 is 0 Å². The maximum absolute atomic E-state index is 13.9. The number of urea groups is 1. The summed E-state index contributed by atoms with van der Waals surface area (Å²) in [7, 11) is 1.64. The Morgan fingerprint density at radius 2 is 1.85 bits per heavy atom. The summed E-state index contributed by atoms with van der Waals surface area (Å²) in [5.74, 6) is 0.719. The Morgan fingerprint density at radius 1 is 1.00 bits per heavy atom. The Hall–Kier alpha value is -3.51. The Kier molecular flexibility index (Phi) is 5.38. The predicted molar refractivity (Wildman–Crippen MR) is 136 cm³/mol. The van der Waals surface area contributed by atoms with Gasteiger partial charge in [0.05, 0.1) is 25.4 Å². The van der Waals surface area contributed by atoms with Crippen LogP contribution in [-0.4, -0.2) is 22.6 Å². The van der Waals surface area contributed by atoms with Gasteiger partial charge in [-0.15, -0.1) is 11.3 Å². The molecule has 5 nitrogen and oxygen atoms in total. The zero-order valence-corrected chi connectivity index (χ0v) is 20.0. The largest absolute Gasteiger partial charge is 0.497 e. The van der Waals surface area contributed by atoms with Crippen LogP contribution in [0.2, 0.25) is 0 Å². The van der Waals surface area contributed by atoms with Crippen molar-refractivity contribution in [2.45, 2.75) is 38.3 Å². The number of thiophene rings is 1. The zero-order chi connectivity index (χ0) is 23.1. The minimum atomic E-state index is -0.194. The topological polar surface area (TPSA) is 46.5 Å². The molecule has 4 aromatic rings. The van der Waals surface area contributed by atoms with Gasteiger partial charge in [-0.2, -0.15) is 0 Å². The van der Waals surface area contributed by atoms with E-state index in [4.69, 9.17) is 4.74 Å². The number of hydrogen-bond donors (Lipinski definition) is 1. The van der Waals surface area contributed by atoms with Gasteiger partial charge in [0, 0.05) is 28.4 Å². The molecule has 6 heteroatoms. The Balaban J connectivity index is 1.48. The summed E-state index contributed by atoms with van der Waals surface area (Å²) in [5.41, 5.74) is 5.70. The van der Waals surface area contributed by atoms with Crippen LogP contribution in [-0.2, 0) is 19.4 Å². The first-order valence-corrected chi connectivity index (χ1v) is 12.6. The van der Waals surface area contributed by atoms with E-state index in [-0.39, 0.29) is 12.1 Å². The number of carbonyl (C=O) groups excluding carboxylic acids is 1. The van der Waals surface area contributed by atoms with Crippen molar-refractivity contribution < 1.29 is 9.53 Å². The number of nitrogens with zero attached hydrogens (tertiary/aromatic N) is 2. The number of aryl methyl sites for hydroxylation is 1. The lowest BCUT2D eigenvalue weighted by molar-refractivity contribution is 0.194. The van der Waals surface area contributed by atoms with Crippen LogP contribution in [0, 0.1) is 0 Å². The highest BCUT2D eigenvalue weighted by Gasteiger charge is 2.36. The zero-order valence-electron chi connectivity index (χ0n) is 19.2. The van der Waals surface area contributed by atoms with Gasteiger partial charge in [0.1, 0.15) is 10.8 Å². The van der Waals surface area contributed by atoms with Crippen LogP contribution in [0.3, 0.4) is 0 Å². The van der Waals surface area contributed by atoms with Crippen molar-refractivity contribution >= 4 is 23.1 Å². The molecule has 3 heterocycles. The first kappa shape index (κ1) is 21.1. The highest BCUT2D eigenvalue weighted by Crippen LogP contribution is 2.44. The molecule has 2 aromatic heterocycles. The second-order valence-corrected chi connectivity index (χ2v) is 9.98. The molecule has 2 amide bonds. The van der Waals surface area contributed by atoms with E-state index in [1.54, 1.807) is 7.11 Å². The maximum atomic E-state index is 13.9. The number of rotatable bonds is 3. The number of benzene rings is 2. The quantitative estimate of drug-likeness (QED) is 0.369. The van der Waals surface area contributed by atoms with Crippen LogP contribution in [0.25, 0.3) is 5.00 Å². The van der Waals surface area contributed by atoms with E-state index < -0.39 is 0 Å². The van der Waals surface area contributed by atoms with Crippen molar-refractivity contribution in [2.24, 2.45) is 0 Å². The lowest BCUT2D eigenvalue weighted by atomic mass is 9.95. The number of carbonyl (C=O) groups is 1. The number of aromatic nitrogens is 1. The van der Waals surface area contributed by atoms with Gasteiger partial charge in [0.2, 0.25) is 0 Å². The van der Waals surface area contributed by atoms with E-state index in [0.717, 1.165) is 35.5 Å². The van der Waals surface area contributed by atoms with Crippen LogP contribution in [0.15, 0.2) is 72.9 Å². The molecule has 0 saturated carbocycles. The van der Waals surface area contributed by atoms with E-state index in [0.29, 0.717) is 6.54 Å². The molecule has 0 bridgehead atoms. The molecule has 1 N–H and O–H groups in total. The number of nitrogens with one attached hydrogen (secondary N) is 1. The summed E-state index contributed by atoms with van der Waals surface area (Å²) in [6.07, 6.45) is 6.85. The minimum Gasteiger partial charge on any atom is -0.497 e. The number of methoxy groups -OCH3 is 1. The molecule has 34 heavy (non-hydrogen) atoms. The predicted octanol–water partition coefficient (Wildman–Crippen LogP) is 6.56. The second-order valence-electron chi connectivity index (χ2n) is 8.90. The summed E-state index contributed by atoms with van der Waals surface area (Å²) in [5, 5.41) is 4.41. The van der Waals surface area contributed by atoms with Crippen molar-refractivity contribution in [3.63, 3.8) is 0 Å². The van der Waals surface area contributed by atoms with Gasteiger partial charge in [-0.1, -0.05) is 36.4 Å². The molecule has 172 valence electrons. The molecule has 1 aliphatic carbocycles. The van der Waals surface area contributed by atoms with Gasteiger partial charge >= 0.3 is 6.03 Å². The standard InChI is InChI=1S/C28H27N3O2S/c1-33-21-12-7-11-20(17-21)29-28(32)31-18-23-22-13-5-6-15-25(22)34-27(23)30-16-8-14-24(30)26(31)19-9-3-2-4-10-19/h2-4,7-12,14,16-17,26H,5-6,13,15,18H2,1H3,(H,29,32). The number of amides is 2. The van der Waals surface area contributed by atoms with Gasteiger partial charge < -0.3 is 19.5 Å². The normalized spacial score (nSPS) is 16.7. The molecular weight excluding hydrogens is 442 g/mol. The molecule has 1 unspecified atom stereocenters. The van der Waals surface area contributed by atoms with Crippen LogP contribution < -0.4 is 10.1 Å². The molecule has 2 aromatic carbocycles. The van der Waals surface area contributed by atoms with Gasteiger partial charge in [-0.25, -0.2) is 4.79 Å². The monoisotopic (exact) mass is 469 g/mol. The maximum Gasteiger partial charge on any atom is 0.322 e. The van der Waals surface area contributed by atoms with Gasteiger partial charge in [0.15, 0.2) is 0 Å². The average Bonchev–Trinajstić information content (AvgIpc) is 3.46. The molecule has 0 fully saturated rings. The summed E-state index contributed by atoms with van der Waals surface area (Å²) >= 11 is 1.91. The van der Waals surface area contributed by atoms with Gasteiger partial charge in [-0.05, 0) is 61.1 Å². The minimum absolute atomic E-state index is 0.113. The molecule has 0 spiro atoms. The summed E-state index contributed by atoms with van der Waals surface area (Å²) < 4.78 is 7.67. The summed E-state index contributed by atoms with van der Waals surface area (Å²) in [4.78, 5) is 17.4. The van der Waals surface area contributed by atoms with Crippen LogP contribution in [0.4, 0.5) is 10.5 Å². The number of anilines is 1. The smallest absolute Gasteiger partial charge is 0.322 e. The van der Waals surface area contributed by atoms with Crippen molar-refractivity contribution in [1.29, 1.82) is 0 Å². The second kappa shape index (κ2) is 8.69. The van der Waals surface area contributed by atoms with Gasteiger partial charge in [0.25, 0.3) is 0 Å². The van der Waals surface area contributed by atoms with E-state index in [1.807, 2.05) is 58.7 Å². The summed E-state index contributed by atoms with van der Waals surface area (Å²) in [6.45, 7) is 0.582. The molecule has 1 atom stereocenters. The van der Waals surface area contributed by atoms with E-state index in [1.165, 1.54) is 33.8 Å². The number of ether oxygens (including phenoxy) is 1. The van der Waals surface area contributed by atoms with Crippen molar-refractivity contribution in [2.75, 3.05) is 12.4 Å². The highest BCUT2D eigenvalue weighted by molar-refractivity contribution is 7.15. The number of hydrogen-bond acceptors (Lipinski definition) is 3. The molecule has 0 saturated heterocycles. The first-order chi connectivity index (χ1) is 16.7. The lowest BCUT2D eigenvalue weighted by Gasteiger charge is -2.31. The third-order valence-corrected chi connectivity index (χ3v) is 8.21. The Bertz CT molecular complexity index is 1340. The fourth-order valence-corrected chi connectivity index (χ4v) is 6.67. The van der Waals surface area contributed by atoms with E-state index in [2.05, 4.69) is 40.3 Å². The SMILES string of the molecule is COc1cccc(NC(=O)N2Cc3c(sc4c3CCCC4)-n3cccc3C2c2ccccc2)c1. The van der Waals surface area contributed by atoms with Crippen molar-refractivity contribution in [1.82, 2.24) is 9.47 Å². The third-order valence-electron chi connectivity index (χ3n) is 6.88. The number of fused-ring (bicyclic) bond motifs is 5. The van der Waals surface area contributed by atoms with Crippen molar-refractivity contribution in [3.8, 4) is 10.8 Å². The molecule has 6 rings (SSSR count). The van der Waals surface area contributed by atoms with Crippen molar-refractivity contribution in [3.05, 3.63) is 100 Å². The summed E-state index contributed by atoms with van der Waals surface area (Å²) in [6, 6.07) is 21.8. The molecule has 0 radical (unpaired) electrons. The first-order valence-electron chi connectivity index (χ1n) is 11.8. The fourth-order valence-electron chi connectivity index (χ4n) is 5.27. The van der Waals surface area contributed by atoms with Crippen LogP contribution in [0.5, 0.6) is 5.75 Å². The van der Waals surface area contributed by atoms with E-state index in [9.17, 15) is 4.79 Å². The third kappa shape index (κ3) is 3.59. The average molecular weight is 470 g/mol. The lowest BCUT2D eigenvalue weighted by Crippen LogP contribution is -2.38. The van der Waals surface area contributed by atoms with Crippen LogP contribution >= 0.6 is 11.3 Å². The Labute approximate surface area is 203 Å². The molecule has 2 aliphatic rings. The fraction of sp³-hybridized carbons (Fsp3) is 0.250.